The average molecular weight is 367 g/mol. The van der Waals surface area contributed by atoms with Gasteiger partial charge >= 0.3 is 0 Å². The first-order valence-corrected chi connectivity index (χ1v) is 9.81. The summed E-state index contributed by atoms with van der Waals surface area (Å²) in [7, 11) is 0. The molecule has 2 heterocycles. The van der Waals surface area contributed by atoms with Gasteiger partial charge in [-0.05, 0) is 38.8 Å². The van der Waals surface area contributed by atoms with Crippen LogP contribution in [0.25, 0.3) is 0 Å². The molecule has 2 N–H and O–H groups in total. The highest BCUT2D eigenvalue weighted by Gasteiger charge is 2.25. The molecule has 0 saturated carbocycles. The van der Waals surface area contributed by atoms with E-state index >= 15 is 0 Å². The fraction of sp³-hybridized carbons (Fsp3) is 0.722. The van der Waals surface area contributed by atoms with Gasteiger partial charge in [0.1, 0.15) is 6.04 Å². The van der Waals surface area contributed by atoms with Crippen molar-refractivity contribution < 1.29 is 9.59 Å². The van der Waals surface area contributed by atoms with Gasteiger partial charge in [-0.2, -0.15) is 0 Å². The molecule has 0 radical (unpaired) electrons. The first-order chi connectivity index (χ1) is 11.6. The number of likely N-dealkylation sites (tertiary alicyclic amines) is 1. The Morgan fingerprint density at radius 1 is 1.36 bits per heavy atom. The molecule has 2 rings (SSSR count). The number of piperidine rings is 1. The van der Waals surface area contributed by atoms with Crippen molar-refractivity contribution in [2.24, 2.45) is 11.3 Å². The van der Waals surface area contributed by atoms with E-state index in [0.29, 0.717) is 5.13 Å². The van der Waals surface area contributed by atoms with Crippen molar-refractivity contribution >= 4 is 28.3 Å². The van der Waals surface area contributed by atoms with Crippen LogP contribution in [0.4, 0.5) is 5.13 Å². The largest absolute Gasteiger partial charge is 0.344 e. The number of carbonyl (C=O) groups is 2. The van der Waals surface area contributed by atoms with Gasteiger partial charge in [0.15, 0.2) is 5.13 Å². The van der Waals surface area contributed by atoms with Crippen molar-refractivity contribution in [2.75, 3.05) is 18.4 Å². The first-order valence-electron chi connectivity index (χ1n) is 8.93. The van der Waals surface area contributed by atoms with Crippen LogP contribution >= 0.6 is 11.3 Å². The highest BCUT2D eigenvalue weighted by Crippen LogP contribution is 2.21. The monoisotopic (exact) mass is 366 g/mol. The zero-order valence-corrected chi connectivity index (χ0v) is 16.7. The van der Waals surface area contributed by atoms with Crippen LogP contribution in [0.15, 0.2) is 5.38 Å². The van der Waals surface area contributed by atoms with E-state index in [1.165, 1.54) is 24.2 Å². The van der Waals surface area contributed by atoms with Crippen molar-refractivity contribution in [3.63, 3.8) is 0 Å². The molecule has 1 atom stereocenters. The van der Waals surface area contributed by atoms with Gasteiger partial charge in [0, 0.05) is 17.3 Å². The maximum absolute atomic E-state index is 12.2. The Balaban J connectivity index is 1.83. The average Bonchev–Trinajstić information content (AvgIpc) is 2.95. The number of aromatic nitrogens is 1. The Hall–Kier alpha value is -1.47. The summed E-state index contributed by atoms with van der Waals surface area (Å²) >= 11 is 1.43. The molecule has 0 aliphatic carbocycles. The quantitative estimate of drug-likeness (QED) is 0.840. The molecule has 0 aromatic carbocycles. The standard InChI is InChI=1S/C18H30N4O2S/c1-12-6-8-22(9-7-12)10-14-11-25-17(20-14)21-15(23)13(2)19-16(24)18(3,4)5/h11-13H,6-10H2,1-5H3,(H,19,24)(H,20,21,23). The number of nitrogens with one attached hydrogen (secondary N) is 2. The first kappa shape index (κ1) is 19.8. The minimum atomic E-state index is -0.595. The molecule has 2 amide bonds. The molecule has 1 aromatic rings. The summed E-state index contributed by atoms with van der Waals surface area (Å²) in [5.74, 6) is 0.422. The number of amides is 2. The topological polar surface area (TPSA) is 74.3 Å². The normalized spacial score (nSPS) is 18.0. The van der Waals surface area contributed by atoms with Crippen LogP contribution in [-0.2, 0) is 16.1 Å². The van der Waals surface area contributed by atoms with Crippen LogP contribution in [0, 0.1) is 11.3 Å². The molecule has 6 nitrogen and oxygen atoms in total. The second kappa shape index (κ2) is 8.27. The third-order valence-corrected chi connectivity index (χ3v) is 5.27. The van der Waals surface area contributed by atoms with E-state index in [2.05, 4.69) is 27.4 Å². The lowest BCUT2D eigenvalue weighted by Gasteiger charge is -2.29. The summed E-state index contributed by atoms with van der Waals surface area (Å²) in [6, 6.07) is -0.595. The van der Waals surface area contributed by atoms with E-state index in [1.807, 2.05) is 26.2 Å². The Bertz CT molecular complexity index is 600. The SMILES string of the molecule is CC1CCN(Cc2csc(NC(=O)C(C)NC(=O)C(C)(C)C)n2)CC1. The molecule has 1 aromatic heterocycles. The van der Waals surface area contributed by atoms with E-state index in [1.54, 1.807) is 6.92 Å². The lowest BCUT2D eigenvalue weighted by molar-refractivity contribution is -0.131. The van der Waals surface area contributed by atoms with Crippen molar-refractivity contribution in [3.8, 4) is 0 Å². The maximum atomic E-state index is 12.2. The highest BCUT2D eigenvalue weighted by atomic mass is 32.1. The predicted octanol–water partition coefficient (Wildman–Crippen LogP) is 2.86. The summed E-state index contributed by atoms with van der Waals surface area (Å²) in [5.41, 5.74) is 0.468. The Morgan fingerprint density at radius 2 is 2.00 bits per heavy atom. The molecule has 1 aliphatic heterocycles. The van der Waals surface area contributed by atoms with Crippen LogP contribution in [0.1, 0.15) is 53.2 Å². The number of carbonyl (C=O) groups excluding carboxylic acids is 2. The third-order valence-electron chi connectivity index (χ3n) is 4.47. The number of hydrogen-bond donors (Lipinski definition) is 2. The van der Waals surface area contributed by atoms with Crippen molar-refractivity contribution in [1.29, 1.82) is 0 Å². The lowest BCUT2D eigenvalue weighted by atomic mass is 9.95. The molecule has 1 unspecified atom stereocenters. The van der Waals surface area contributed by atoms with Gasteiger partial charge in [-0.1, -0.05) is 27.7 Å². The van der Waals surface area contributed by atoms with Gasteiger partial charge in [0.05, 0.1) is 5.69 Å². The molecule has 0 spiro atoms. The van der Waals surface area contributed by atoms with Gasteiger partial charge in [0.25, 0.3) is 0 Å². The van der Waals surface area contributed by atoms with Gasteiger partial charge in [0.2, 0.25) is 11.8 Å². The fourth-order valence-electron chi connectivity index (χ4n) is 2.58. The summed E-state index contributed by atoms with van der Waals surface area (Å²) in [5, 5.41) is 8.11. The van der Waals surface area contributed by atoms with Crippen molar-refractivity contribution in [1.82, 2.24) is 15.2 Å². The van der Waals surface area contributed by atoms with Crippen LogP contribution in [0.5, 0.6) is 0 Å². The summed E-state index contributed by atoms with van der Waals surface area (Å²) in [4.78, 5) is 31.1. The summed E-state index contributed by atoms with van der Waals surface area (Å²) in [6.45, 7) is 12.5. The van der Waals surface area contributed by atoms with Crippen LogP contribution < -0.4 is 10.6 Å². The van der Waals surface area contributed by atoms with Crippen molar-refractivity contribution in [3.05, 3.63) is 11.1 Å². The summed E-state index contributed by atoms with van der Waals surface area (Å²) < 4.78 is 0. The van der Waals surface area contributed by atoms with E-state index < -0.39 is 11.5 Å². The second-order valence-electron chi connectivity index (χ2n) is 8.04. The smallest absolute Gasteiger partial charge is 0.248 e. The lowest BCUT2D eigenvalue weighted by Crippen LogP contribution is -2.46. The van der Waals surface area contributed by atoms with Crippen LogP contribution in [0.2, 0.25) is 0 Å². The minimum Gasteiger partial charge on any atom is -0.344 e. The Labute approximate surface area is 154 Å². The molecule has 7 heteroatoms. The van der Waals surface area contributed by atoms with Gasteiger partial charge < -0.3 is 10.6 Å². The number of thiazole rings is 1. The molecule has 1 aliphatic rings. The zero-order valence-electron chi connectivity index (χ0n) is 15.9. The fourth-order valence-corrected chi connectivity index (χ4v) is 3.28. The van der Waals surface area contributed by atoms with E-state index in [9.17, 15) is 9.59 Å². The summed E-state index contributed by atoms with van der Waals surface area (Å²) in [6.07, 6.45) is 2.47. The van der Waals surface area contributed by atoms with Gasteiger partial charge in [-0.25, -0.2) is 4.98 Å². The Kier molecular flexibility index (Phi) is 6.57. The number of hydrogen-bond acceptors (Lipinski definition) is 5. The molecule has 0 bridgehead atoms. The van der Waals surface area contributed by atoms with E-state index in [0.717, 1.165) is 31.2 Å². The molecule has 25 heavy (non-hydrogen) atoms. The zero-order chi connectivity index (χ0) is 18.6. The molecule has 140 valence electrons. The van der Waals surface area contributed by atoms with Gasteiger partial charge in [-0.3, -0.25) is 14.5 Å². The number of anilines is 1. The molecule has 1 fully saturated rings. The minimum absolute atomic E-state index is 0.144. The third kappa shape index (κ3) is 6.08. The molecular weight excluding hydrogens is 336 g/mol. The highest BCUT2D eigenvalue weighted by molar-refractivity contribution is 7.13. The van der Waals surface area contributed by atoms with Crippen molar-refractivity contribution in [2.45, 2.75) is 60.0 Å². The van der Waals surface area contributed by atoms with Crippen LogP contribution in [0.3, 0.4) is 0 Å². The molecule has 1 saturated heterocycles. The second-order valence-corrected chi connectivity index (χ2v) is 8.90. The maximum Gasteiger partial charge on any atom is 0.248 e. The number of nitrogens with zero attached hydrogens (tertiary/aromatic N) is 2. The Morgan fingerprint density at radius 3 is 2.60 bits per heavy atom. The van der Waals surface area contributed by atoms with Crippen LogP contribution in [-0.4, -0.2) is 40.8 Å². The number of rotatable bonds is 5. The van der Waals surface area contributed by atoms with E-state index in [4.69, 9.17) is 0 Å². The molecular formula is C18H30N4O2S. The van der Waals surface area contributed by atoms with E-state index in [-0.39, 0.29) is 11.8 Å². The van der Waals surface area contributed by atoms with Gasteiger partial charge in [-0.15, -0.1) is 11.3 Å². The predicted molar refractivity (Wildman–Crippen MR) is 101 cm³/mol.